The van der Waals surface area contributed by atoms with Gasteiger partial charge in [-0.1, -0.05) is 128 Å². The molecule has 0 fully saturated rings. The molecule has 0 saturated heterocycles. The standard InChI is InChI=1S/C15H17N.C9H13N.C7H6O.CH4O.CH4.H2O/c1-13(15-10-6-3-7-11-15)16-12-14-8-4-2-5-9-14;1-7-3-5-9(6-4-7)8(2)10;8-6-7-4-2-1-3-5-7;1-2;;/h2-11,13,16H,12H2,1H3;3-6,8H,10H2,1-2H3;1-6H;2H,1H3;1H4;1H2. The van der Waals surface area contributed by atoms with E-state index in [9.17, 15) is 4.79 Å². The molecule has 5 heteroatoms. The van der Waals surface area contributed by atoms with Crippen LogP contribution in [0.3, 0.4) is 0 Å². The Morgan fingerprint density at radius 3 is 1.61 bits per heavy atom. The van der Waals surface area contributed by atoms with Crippen molar-refractivity contribution in [3.8, 4) is 0 Å². The van der Waals surface area contributed by atoms with E-state index in [4.69, 9.17) is 10.8 Å². The second kappa shape index (κ2) is 22.6. The van der Waals surface area contributed by atoms with Gasteiger partial charge in [0.1, 0.15) is 6.29 Å². The third-order valence-electron chi connectivity index (χ3n) is 5.29. The molecule has 0 heterocycles. The first-order valence-electron chi connectivity index (χ1n) is 12.1. The van der Waals surface area contributed by atoms with E-state index in [2.05, 4.69) is 92.0 Å². The average molecular weight is 519 g/mol. The summed E-state index contributed by atoms with van der Waals surface area (Å²) in [6.45, 7) is 7.17. The molecule has 0 aliphatic carbocycles. The predicted octanol–water partition coefficient (Wildman–Crippen LogP) is 6.47. The van der Waals surface area contributed by atoms with Gasteiger partial charge in [-0.25, -0.2) is 0 Å². The third kappa shape index (κ3) is 15.5. The number of hydrogen-bond donors (Lipinski definition) is 3. The van der Waals surface area contributed by atoms with Gasteiger partial charge in [-0.2, -0.15) is 0 Å². The van der Waals surface area contributed by atoms with Crippen LogP contribution in [0.25, 0.3) is 0 Å². The summed E-state index contributed by atoms with van der Waals surface area (Å²) in [4.78, 5) is 10.0. The minimum atomic E-state index is 0. The smallest absolute Gasteiger partial charge is 0.150 e. The van der Waals surface area contributed by atoms with Crippen LogP contribution in [-0.4, -0.2) is 24.0 Å². The van der Waals surface area contributed by atoms with Crippen LogP contribution in [0, 0.1) is 6.92 Å². The number of nitrogens with two attached hydrogens (primary N) is 1. The summed E-state index contributed by atoms with van der Waals surface area (Å²) >= 11 is 0. The van der Waals surface area contributed by atoms with Crippen LogP contribution in [-0.2, 0) is 6.54 Å². The fraction of sp³-hybridized carbons (Fsp3) is 0.242. The highest BCUT2D eigenvalue weighted by molar-refractivity contribution is 5.74. The number of aliphatic hydroxyl groups excluding tert-OH is 1. The van der Waals surface area contributed by atoms with Gasteiger partial charge in [0.05, 0.1) is 0 Å². The topological polar surface area (TPSA) is 107 Å². The van der Waals surface area contributed by atoms with Crippen LogP contribution >= 0.6 is 0 Å². The number of rotatable bonds is 6. The molecule has 0 amide bonds. The fourth-order valence-corrected chi connectivity index (χ4v) is 3.13. The van der Waals surface area contributed by atoms with E-state index in [0.29, 0.717) is 6.04 Å². The lowest BCUT2D eigenvalue weighted by Gasteiger charge is -2.14. The number of carbonyl (C=O) groups excluding carboxylic acids is 1. The summed E-state index contributed by atoms with van der Waals surface area (Å²) in [5, 5.41) is 10.5. The first-order valence-corrected chi connectivity index (χ1v) is 12.1. The van der Waals surface area contributed by atoms with Gasteiger partial charge < -0.3 is 21.6 Å². The van der Waals surface area contributed by atoms with E-state index in [-0.39, 0.29) is 18.9 Å². The predicted molar refractivity (Wildman–Crippen MR) is 162 cm³/mol. The van der Waals surface area contributed by atoms with Crippen molar-refractivity contribution in [1.29, 1.82) is 0 Å². The van der Waals surface area contributed by atoms with Crippen LogP contribution in [0.5, 0.6) is 0 Å². The van der Waals surface area contributed by atoms with E-state index in [1.165, 1.54) is 22.3 Å². The van der Waals surface area contributed by atoms with Crippen molar-refractivity contribution < 1.29 is 15.4 Å². The normalized spacial score (nSPS) is 10.6. The highest BCUT2D eigenvalue weighted by atomic mass is 16.2. The molecule has 2 atom stereocenters. The largest absolute Gasteiger partial charge is 0.412 e. The second-order valence-corrected chi connectivity index (χ2v) is 8.23. The Morgan fingerprint density at radius 1 is 0.737 bits per heavy atom. The summed E-state index contributed by atoms with van der Waals surface area (Å²) in [7, 11) is 1.00. The molecule has 6 N–H and O–H groups in total. The molecule has 0 aliphatic heterocycles. The molecule has 2 unspecified atom stereocenters. The van der Waals surface area contributed by atoms with Crippen molar-refractivity contribution in [3.05, 3.63) is 143 Å². The SMILES string of the molecule is C.CC(NCc1ccccc1)c1ccccc1.CO.Cc1ccc(C(C)N)cc1.O.O=Cc1ccccc1. The number of carbonyl (C=O) groups is 1. The number of benzene rings is 4. The summed E-state index contributed by atoms with van der Waals surface area (Å²) in [5.74, 6) is 0. The maximum Gasteiger partial charge on any atom is 0.150 e. The molecule has 0 bridgehead atoms. The minimum absolute atomic E-state index is 0. The summed E-state index contributed by atoms with van der Waals surface area (Å²) < 4.78 is 0. The fourth-order valence-electron chi connectivity index (χ4n) is 3.13. The van der Waals surface area contributed by atoms with Crippen molar-refractivity contribution in [1.82, 2.24) is 5.32 Å². The van der Waals surface area contributed by atoms with Gasteiger partial charge in [0.25, 0.3) is 0 Å². The minimum Gasteiger partial charge on any atom is -0.412 e. The lowest BCUT2D eigenvalue weighted by Crippen LogP contribution is -2.17. The Kier molecular flexibility index (Phi) is 21.7. The Hall–Kier alpha value is -3.61. The zero-order valence-corrected chi connectivity index (χ0v) is 22.3. The highest BCUT2D eigenvalue weighted by Gasteiger charge is 2.03. The highest BCUT2D eigenvalue weighted by Crippen LogP contribution is 2.12. The van der Waals surface area contributed by atoms with Gasteiger partial charge in [-0.3, -0.25) is 4.79 Å². The third-order valence-corrected chi connectivity index (χ3v) is 5.29. The van der Waals surface area contributed by atoms with E-state index in [1.54, 1.807) is 12.1 Å². The molecule has 38 heavy (non-hydrogen) atoms. The number of hydrogen-bond acceptors (Lipinski definition) is 4. The number of aliphatic hydroxyl groups is 1. The van der Waals surface area contributed by atoms with Crippen LogP contribution in [0.1, 0.15) is 66.0 Å². The van der Waals surface area contributed by atoms with Crippen molar-refractivity contribution in [2.24, 2.45) is 5.73 Å². The first kappa shape index (κ1) is 36.5. The molecule has 0 radical (unpaired) electrons. The Labute approximate surface area is 229 Å². The van der Waals surface area contributed by atoms with Gasteiger partial charge in [0.2, 0.25) is 0 Å². The van der Waals surface area contributed by atoms with Crippen molar-refractivity contribution in [3.63, 3.8) is 0 Å². The zero-order valence-electron chi connectivity index (χ0n) is 22.3. The molecule has 0 spiro atoms. The second-order valence-electron chi connectivity index (χ2n) is 8.23. The van der Waals surface area contributed by atoms with E-state index in [0.717, 1.165) is 25.5 Å². The van der Waals surface area contributed by atoms with Gasteiger partial charge in [-0.05, 0) is 37.5 Å². The molecule has 4 aromatic rings. The molecule has 0 aliphatic rings. The summed E-state index contributed by atoms with van der Waals surface area (Å²) in [6.07, 6.45) is 0.833. The van der Waals surface area contributed by atoms with Crippen LogP contribution in [0.4, 0.5) is 0 Å². The molecular weight excluding hydrogens is 472 g/mol. The van der Waals surface area contributed by atoms with Crippen LogP contribution < -0.4 is 11.1 Å². The van der Waals surface area contributed by atoms with E-state index >= 15 is 0 Å². The molecule has 5 nitrogen and oxygen atoms in total. The van der Waals surface area contributed by atoms with Gasteiger partial charge in [0, 0.05) is 31.3 Å². The maximum absolute atomic E-state index is 10.0. The summed E-state index contributed by atoms with van der Waals surface area (Å²) in [5.41, 5.74) is 11.5. The monoisotopic (exact) mass is 518 g/mol. The lowest BCUT2D eigenvalue weighted by atomic mass is 10.1. The van der Waals surface area contributed by atoms with Gasteiger partial charge in [0.15, 0.2) is 0 Å². The molecular formula is C33H46N2O3. The van der Waals surface area contributed by atoms with Crippen LogP contribution in [0.2, 0.25) is 0 Å². The molecule has 206 valence electrons. The van der Waals surface area contributed by atoms with Crippen LogP contribution in [0.15, 0.2) is 115 Å². The van der Waals surface area contributed by atoms with Crippen molar-refractivity contribution in [2.75, 3.05) is 7.11 Å². The molecule has 0 saturated carbocycles. The Bertz CT molecular complexity index is 1060. The Balaban J connectivity index is 0. The number of aldehydes is 1. The first-order chi connectivity index (χ1) is 17.5. The summed E-state index contributed by atoms with van der Waals surface area (Å²) in [6, 6.07) is 38.9. The number of nitrogens with one attached hydrogen (secondary N) is 1. The molecule has 4 rings (SSSR count). The van der Waals surface area contributed by atoms with Gasteiger partial charge >= 0.3 is 0 Å². The maximum atomic E-state index is 10.0. The van der Waals surface area contributed by atoms with Crippen molar-refractivity contribution in [2.45, 2.75) is 46.8 Å². The number of aryl methyl sites for hydroxylation is 1. The Morgan fingerprint density at radius 2 is 1.18 bits per heavy atom. The van der Waals surface area contributed by atoms with E-state index in [1.807, 2.05) is 37.3 Å². The molecule has 0 aromatic heterocycles. The van der Waals surface area contributed by atoms with Gasteiger partial charge in [-0.15, -0.1) is 0 Å². The van der Waals surface area contributed by atoms with Crippen molar-refractivity contribution >= 4 is 6.29 Å². The zero-order chi connectivity index (χ0) is 26.6. The quantitative estimate of drug-likeness (QED) is 0.254. The molecule has 4 aromatic carbocycles. The lowest BCUT2D eigenvalue weighted by molar-refractivity contribution is 0.112. The van der Waals surface area contributed by atoms with E-state index < -0.39 is 0 Å². The average Bonchev–Trinajstić information content (AvgIpc) is 2.95.